The molecule has 0 radical (unpaired) electrons. The molecule has 0 aliphatic carbocycles. The first-order valence-electron chi connectivity index (χ1n) is 5.13. The zero-order chi connectivity index (χ0) is 10.6. The summed E-state index contributed by atoms with van der Waals surface area (Å²) in [5.74, 6) is 0. The van der Waals surface area contributed by atoms with Gasteiger partial charge in [0.1, 0.15) is 0 Å². The van der Waals surface area contributed by atoms with E-state index >= 15 is 0 Å². The summed E-state index contributed by atoms with van der Waals surface area (Å²) in [6, 6.07) is 0. The van der Waals surface area contributed by atoms with Gasteiger partial charge in [-0.1, -0.05) is 0 Å². The minimum Gasteiger partial charge on any atom is -0.373 e. The predicted octanol–water partition coefficient (Wildman–Crippen LogP) is 0.533. The van der Waals surface area contributed by atoms with E-state index in [0.29, 0.717) is 6.67 Å². The highest BCUT2D eigenvalue weighted by molar-refractivity contribution is 5.46. The first kappa shape index (κ1) is 11.5. The van der Waals surface area contributed by atoms with Gasteiger partial charge < -0.3 is 9.64 Å². The average Bonchev–Trinajstić information content (AvgIpc) is 2.12. The lowest BCUT2D eigenvalue weighted by molar-refractivity contribution is -0.126. The highest BCUT2D eigenvalue weighted by atomic mass is 16.5. The van der Waals surface area contributed by atoms with Gasteiger partial charge in [-0.25, -0.2) is 0 Å². The van der Waals surface area contributed by atoms with Crippen LogP contribution in [0.2, 0.25) is 0 Å². The Balaban J connectivity index is 2.40. The molecule has 82 valence electrons. The fourth-order valence-electron chi connectivity index (χ4n) is 1.70. The molecule has 0 aromatic heterocycles. The van der Waals surface area contributed by atoms with Crippen LogP contribution in [0.5, 0.6) is 0 Å². The molecule has 14 heavy (non-hydrogen) atoms. The highest BCUT2D eigenvalue weighted by Gasteiger charge is 2.27. The molecular formula is C10H20N2O2. The van der Waals surface area contributed by atoms with Gasteiger partial charge in [0.15, 0.2) is 0 Å². The van der Waals surface area contributed by atoms with Gasteiger partial charge in [0.05, 0.1) is 18.9 Å². The summed E-state index contributed by atoms with van der Waals surface area (Å²) in [6.07, 6.45) is 0.905. The van der Waals surface area contributed by atoms with Gasteiger partial charge in [-0.2, -0.15) is 0 Å². The van der Waals surface area contributed by atoms with Crippen molar-refractivity contribution >= 4 is 6.41 Å². The van der Waals surface area contributed by atoms with Crippen LogP contribution in [0, 0.1) is 0 Å². The van der Waals surface area contributed by atoms with E-state index in [9.17, 15) is 4.79 Å². The molecule has 0 aromatic carbocycles. The Morgan fingerprint density at radius 3 is 2.79 bits per heavy atom. The van der Waals surface area contributed by atoms with Crippen molar-refractivity contribution in [3.63, 3.8) is 0 Å². The van der Waals surface area contributed by atoms with Crippen LogP contribution >= 0.6 is 0 Å². The standard InChI is InChI=1S/C10H20N2O2/c1-4-11(9-13)8-12-5-6-14-10(2,3)7-12/h9H,4-8H2,1-3H3. The molecule has 0 bridgehead atoms. The maximum Gasteiger partial charge on any atom is 0.210 e. The van der Waals surface area contributed by atoms with E-state index in [0.717, 1.165) is 32.7 Å². The number of morpholine rings is 1. The minimum absolute atomic E-state index is 0.0828. The van der Waals surface area contributed by atoms with E-state index in [-0.39, 0.29) is 5.60 Å². The second-order valence-electron chi connectivity index (χ2n) is 4.31. The van der Waals surface area contributed by atoms with Gasteiger partial charge in [-0.05, 0) is 20.8 Å². The molecule has 0 N–H and O–H groups in total. The lowest BCUT2D eigenvalue weighted by Crippen LogP contribution is -2.51. The van der Waals surface area contributed by atoms with Gasteiger partial charge in [-0.3, -0.25) is 9.69 Å². The summed E-state index contributed by atoms with van der Waals surface area (Å²) in [7, 11) is 0. The topological polar surface area (TPSA) is 32.8 Å². The summed E-state index contributed by atoms with van der Waals surface area (Å²) in [5, 5.41) is 0. The summed E-state index contributed by atoms with van der Waals surface area (Å²) >= 11 is 0. The summed E-state index contributed by atoms with van der Waals surface area (Å²) in [6.45, 7) is 10.2. The second kappa shape index (κ2) is 4.75. The third-order valence-electron chi connectivity index (χ3n) is 2.44. The van der Waals surface area contributed by atoms with Crippen molar-refractivity contribution in [2.45, 2.75) is 26.4 Å². The molecule has 0 unspecified atom stereocenters. The third kappa shape index (κ3) is 3.27. The van der Waals surface area contributed by atoms with Gasteiger partial charge >= 0.3 is 0 Å². The maximum absolute atomic E-state index is 10.6. The van der Waals surface area contributed by atoms with Gasteiger partial charge in [0.25, 0.3) is 0 Å². The van der Waals surface area contributed by atoms with Crippen molar-refractivity contribution in [3.05, 3.63) is 0 Å². The molecule has 1 aliphatic heterocycles. The number of nitrogens with zero attached hydrogens (tertiary/aromatic N) is 2. The summed E-state index contributed by atoms with van der Waals surface area (Å²) in [4.78, 5) is 14.7. The summed E-state index contributed by atoms with van der Waals surface area (Å²) in [5.41, 5.74) is -0.0828. The molecule has 1 amide bonds. The molecule has 1 saturated heterocycles. The van der Waals surface area contributed by atoms with Crippen LogP contribution in [0.1, 0.15) is 20.8 Å². The lowest BCUT2D eigenvalue weighted by Gasteiger charge is -2.39. The Morgan fingerprint density at radius 1 is 1.57 bits per heavy atom. The quantitative estimate of drug-likeness (QED) is 0.621. The van der Waals surface area contributed by atoms with E-state index in [2.05, 4.69) is 18.7 Å². The number of hydrogen-bond acceptors (Lipinski definition) is 3. The Morgan fingerprint density at radius 2 is 2.29 bits per heavy atom. The van der Waals surface area contributed by atoms with Crippen LogP contribution in [-0.2, 0) is 9.53 Å². The Kier molecular flexibility index (Phi) is 3.89. The lowest BCUT2D eigenvalue weighted by atomic mass is 10.1. The molecule has 1 rings (SSSR count). The zero-order valence-electron chi connectivity index (χ0n) is 9.32. The van der Waals surface area contributed by atoms with Gasteiger partial charge in [-0.15, -0.1) is 0 Å². The van der Waals surface area contributed by atoms with Crippen molar-refractivity contribution in [2.24, 2.45) is 0 Å². The SMILES string of the molecule is CCN(C=O)CN1CCOC(C)(C)C1. The normalized spacial score (nSPS) is 21.9. The molecule has 0 atom stereocenters. The minimum atomic E-state index is -0.0828. The largest absolute Gasteiger partial charge is 0.373 e. The molecular weight excluding hydrogens is 180 g/mol. The van der Waals surface area contributed by atoms with Crippen molar-refractivity contribution in [1.82, 2.24) is 9.80 Å². The third-order valence-corrected chi connectivity index (χ3v) is 2.44. The van der Waals surface area contributed by atoms with Crippen molar-refractivity contribution in [1.29, 1.82) is 0 Å². The van der Waals surface area contributed by atoms with E-state index in [1.807, 2.05) is 6.92 Å². The monoisotopic (exact) mass is 200 g/mol. The van der Waals surface area contributed by atoms with Crippen molar-refractivity contribution in [3.8, 4) is 0 Å². The number of ether oxygens (including phenoxy) is 1. The number of carbonyl (C=O) groups excluding carboxylic acids is 1. The van der Waals surface area contributed by atoms with Crippen LogP contribution in [0.15, 0.2) is 0 Å². The molecule has 4 heteroatoms. The highest BCUT2D eigenvalue weighted by Crippen LogP contribution is 2.16. The van der Waals surface area contributed by atoms with Crippen LogP contribution in [0.25, 0.3) is 0 Å². The number of rotatable bonds is 4. The fraction of sp³-hybridized carbons (Fsp3) is 0.900. The summed E-state index contributed by atoms with van der Waals surface area (Å²) < 4.78 is 5.60. The van der Waals surface area contributed by atoms with Crippen LogP contribution in [0.3, 0.4) is 0 Å². The smallest absolute Gasteiger partial charge is 0.210 e. The molecule has 1 heterocycles. The predicted molar refractivity (Wildman–Crippen MR) is 54.9 cm³/mol. The van der Waals surface area contributed by atoms with Gasteiger partial charge in [0.2, 0.25) is 6.41 Å². The Hall–Kier alpha value is -0.610. The van der Waals surface area contributed by atoms with E-state index in [4.69, 9.17) is 4.74 Å². The first-order chi connectivity index (χ1) is 6.57. The molecule has 0 aromatic rings. The van der Waals surface area contributed by atoms with E-state index in [1.54, 1.807) is 4.90 Å². The average molecular weight is 200 g/mol. The fourth-order valence-corrected chi connectivity index (χ4v) is 1.70. The number of amides is 1. The zero-order valence-corrected chi connectivity index (χ0v) is 9.32. The number of hydrogen-bond donors (Lipinski definition) is 0. The molecule has 0 spiro atoms. The second-order valence-corrected chi connectivity index (χ2v) is 4.31. The Labute approximate surface area is 85.8 Å². The van der Waals surface area contributed by atoms with E-state index in [1.165, 1.54) is 0 Å². The molecule has 1 aliphatic rings. The van der Waals surface area contributed by atoms with Crippen LogP contribution in [0.4, 0.5) is 0 Å². The van der Waals surface area contributed by atoms with Crippen LogP contribution in [-0.4, -0.2) is 54.7 Å². The van der Waals surface area contributed by atoms with Crippen molar-refractivity contribution in [2.75, 3.05) is 32.9 Å². The Bertz CT molecular complexity index is 195. The number of carbonyl (C=O) groups is 1. The molecule has 4 nitrogen and oxygen atoms in total. The molecule has 0 saturated carbocycles. The van der Waals surface area contributed by atoms with Crippen LogP contribution < -0.4 is 0 Å². The first-order valence-corrected chi connectivity index (χ1v) is 5.13. The van der Waals surface area contributed by atoms with Gasteiger partial charge in [0, 0.05) is 19.6 Å². The molecule has 1 fully saturated rings. The van der Waals surface area contributed by atoms with E-state index < -0.39 is 0 Å². The van der Waals surface area contributed by atoms with Crippen molar-refractivity contribution < 1.29 is 9.53 Å². The maximum atomic E-state index is 10.6.